The lowest BCUT2D eigenvalue weighted by atomic mass is 10.2. The van der Waals surface area contributed by atoms with Gasteiger partial charge in [-0.15, -0.1) is 0 Å². The summed E-state index contributed by atoms with van der Waals surface area (Å²) >= 11 is 3.07. The Morgan fingerprint density at radius 1 is 1.30 bits per heavy atom. The molecule has 4 rings (SSSR count). The number of anilines is 1. The van der Waals surface area contributed by atoms with E-state index in [0.29, 0.717) is 25.8 Å². The second-order valence-electron chi connectivity index (χ2n) is 6.77. The van der Waals surface area contributed by atoms with Crippen molar-refractivity contribution in [3.63, 3.8) is 0 Å². The Balaban J connectivity index is 1.56. The number of rotatable bonds is 8. The van der Waals surface area contributed by atoms with Gasteiger partial charge in [0.1, 0.15) is 5.82 Å². The summed E-state index contributed by atoms with van der Waals surface area (Å²) in [4.78, 5) is 12.2. The molecule has 3 aromatic rings. The number of aromatic nitrogens is 4. The molecule has 0 amide bonds. The summed E-state index contributed by atoms with van der Waals surface area (Å²) < 4.78 is 49.2. The lowest BCUT2D eigenvalue weighted by molar-refractivity contribution is 0.309. The Kier molecular flexibility index (Phi) is 5.21. The number of hydrogen-bond donors (Lipinski definition) is 3. The van der Waals surface area contributed by atoms with Crippen LogP contribution >= 0.6 is 15.9 Å². The SMILES string of the molecule is NS(=O)(=O)NC1(CCNc2nonc2-c2noc(=O)n2-c2ccc(F)c(Br)c2)CC1. The summed E-state index contributed by atoms with van der Waals surface area (Å²) in [6, 6.07) is 3.93. The van der Waals surface area contributed by atoms with Gasteiger partial charge in [0.05, 0.1) is 10.2 Å². The topological polar surface area (TPSA) is 171 Å². The first-order valence-corrected chi connectivity index (χ1v) is 10.9. The molecule has 12 nitrogen and oxygen atoms in total. The van der Waals surface area contributed by atoms with Crippen LogP contribution in [0.2, 0.25) is 0 Å². The van der Waals surface area contributed by atoms with Crippen LogP contribution < -0.4 is 20.9 Å². The van der Waals surface area contributed by atoms with Gasteiger partial charge < -0.3 is 5.32 Å². The van der Waals surface area contributed by atoms with Crippen molar-refractivity contribution in [2.24, 2.45) is 5.14 Å². The Morgan fingerprint density at radius 2 is 2.07 bits per heavy atom. The molecule has 15 heteroatoms. The standard InChI is InChI=1S/C15H15BrFN7O5S/c16-9-7-8(1-2-10(9)17)24-13(22-28-14(24)25)11-12(21-29-20-11)19-6-5-15(3-4-15)23-30(18,26)27/h1-2,7,23H,3-6H2,(H,19,21)(H2,18,26,27). The Morgan fingerprint density at radius 3 is 2.73 bits per heavy atom. The molecule has 2 heterocycles. The van der Waals surface area contributed by atoms with E-state index in [-0.39, 0.29) is 27.5 Å². The Bertz CT molecular complexity index is 1250. The van der Waals surface area contributed by atoms with Crippen LogP contribution in [0.3, 0.4) is 0 Å². The molecule has 30 heavy (non-hydrogen) atoms. The second-order valence-corrected chi connectivity index (χ2v) is 8.92. The van der Waals surface area contributed by atoms with Crippen molar-refractivity contribution in [3.8, 4) is 17.2 Å². The fraction of sp³-hybridized carbons (Fsp3) is 0.333. The van der Waals surface area contributed by atoms with Gasteiger partial charge >= 0.3 is 5.76 Å². The van der Waals surface area contributed by atoms with Gasteiger partial charge in [0.15, 0.2) is 5.69 Å². The number of nitrogens with one attached hydrogen (secondary N) is 2. The van der Waals surface area contributed by atoms with E-state index >= 15 is 0 Å². The van der Waals surface area contributed by atoms with Crippen LogP contribution in [0.15, 0.2) is 36.6 Å². The third-order valence-corrected chi connectivity index (χ3v) is 5.90. The van der Waals surface area contributed by atoms with Crippen molar-refractivity contribution in [1.82, 2.24) is 24.8 Å². The molecular formula is C15H15BrFN7O5S. The highest BCUT2D eigenvalue weighted by atomic mass is 79.9. The maximum absolute atomic E-state index is 13.6. The van der Waals surface area contributed by atoms with Gasteiger partial charge in [0.25, 0.3) is 10.2 Å². The number of nitrogens with zero attached hydrogens (tertiary/aromatic N) is 4. The zero-order chi connectivity index (χ0) is 21.5. The fourth-order valence-corrected chi connectivity index (χ4v) is 4.25. The summed E-state index contributed by atoms with van der Waals surface area (Å²) in [7, 11) is -3.81. The first-order valence-electron chi connectivity index (χ1n) is 8.60. The molecule has 1 fully saturated rings. The Labute approximate surface area is 176 Å². The minimum absolute atomic E-state index is 0.00828. The number of nitrogens with two attached hydrogens (primary N) is 1. The third kappa shape index (κ3) is 4.28. The molecule has 4 N–H and O–H groups in total. The lowest BCUT2D eigenvalue weighted by Crippen LogP contribution is -2.42. The highest BCUT2D eigenvalue weighted by molar-refractivity contribution is 9.10. The molecule has 0 spiro atoms. The van der Waals surface area contributed by atoms with Crippen LogP contribution in [-0.2, 0) is 10.2 Å². The molecule has 0 radical (unpaired) electrons. The number of hydrogen-bond acceptors (Lipinski definition) is 9. The molecule has 1 aliphatic rings. The molecule has 0 bridgehead atoms. The molecule has 0 aliphatic heterocycles. The Hall–Kier alpha value is -2.62. The molecular weight excluding hydrogens is 489 g/mol. The van der Waals surface area contributed by atoms with E-state index in [1.165, 1.54) is 18.2 Å². The first kappa shape index (κ1) is 20.6. The summed E-state index contributed by atoms with van der Waals surface area (Å²) in [5.41, 5.74) is -0.216. The quantitative estimate of drug-likeness (QED) is 0.403. The predicted molar refractivity (Wildman–Crippen MR) is 104 cm³/mol. The van der Waals surface area contributed by atoms with Gasteiger partial charge in [-0.1, -0.05) is 5.16 Å². The van der Waals surface area contributed by atoms with E-state index in [1.807, 2.05) is 0 Å². The lowest BCUT2D eigenvalue weighted by Gasteiger charge is -2.15. The van der Waals surface area contributed by atoms with Crippen LogP contribution in [-0.4, -0.2) is 40.5 Å². The average Bonchev–Trinajstić information content (AvgIpc) is 3.07. The third-order valence-electron chi connectivity index (χ3n) is 4.57. The van der Waals surface area contributed by atoms with Crippen molar-refractivity contribution in [3.05, 3.63) is 39.0 Å². The van der Waals surface area contributed by atoms with Gasteiger partial charge in [-0.05, 0) is 63.7 Å². The van der Waals surface area contributed by atoms with Gasteiger partial charge in [-0.2, -0.15) is 13.1 Å². The molecule has 0 atom stereocenters. The predicted octanol–water partition coefficient (Wildman–Crippen LogP) is 0.905. The van der Waals surface area contributed by atoms with E-state index in [1.54, 1.807) is 0 Å². The van der Waals surface area contributed by atoms with Gasteiger partial charge in [0, 0.05) is 12.1 Å². The molecule has 1 saturated carbocycles. The van der Waals surface area contributed by atoms with Gasteiger partial charge in [-0.3, -0.25) is 4.52 Å². The first-order chi connectivity index (χ1) is 14.2. The molecule has 0 saturated heterocycles. The molecule has 160 valence electrons. The maximum atomic E-state index is 13.6. The normalized spacial score (nSPS) is 15.3. The van der Waals surface area contributed by atoms with Crippen LogP contribution in [0.5, 0.6) is 0 Å². The van der Waals surface area contributed by atoms with Gasteiger partial charge in [0.2, 0.25) is 11.6 Å². The molecule has 0 unspecified atom stereocenters. The molecule has 2 aromatic heterocycles. The smallest absolute Gasteiger partial charge is 0.365 e. The summed E-state index contributed by atoms with van der Waals surface area (Å²) in [5, 5.41) is 19.3. The van der Waals surface area contributed by atoms with Crippen molar-refractivity contribution >= 4 is 32.0 Å². The average molecular weight is 504 g/mol. The summed E-state index contributed by atoms with van der Waals surface area (Å²) in [6.45, 7) is 0.313. The number of halogens is 2. The number of benzene rings is 1. The van der Waals surface area contributed by atoms with Crippen molar-refractivity contribution in [2.45, 2.75) is 24.8 Å². The maximum Gasteiger partial charge on any atom is 0.446 e. The zero-order valence-corrected chi connectivity index (χ0v) is 17.5. The zero-order valence-electron chi connectivity index (χ0n) is 15.1. The fourth-order valence-electron chi connectivity index (χ4n) is 2.98. The highest BCUT2D eigenvalue weighted by Crippen LogP contribution is 2.39. The van der Waals surface area contributed by atoms with Crippen molar-refractivity contribution in [1.29, 1.82) is 0 Å². The molecule has 1 aliphatic carbocycles. The molecule has 1 aromatic carbocycles. The van der Waals surface area contributed by atoms with E-state index in [2.05, 4.69) is 41.4 Å². The van der Waals surface area contributed by atoms with Crippen LogP contribution in [0.1, 0.15) is 19.3 Å². The minimum atomic E-state index is -3.81. The second kappa shape index (κ2) is 7.57. The van der Waals surface area contributed by atoms with E-state index < -0.39 is 27.3 Å². The largest absolute Gasteiger partial charge is 0.446 e. The van der Waals surface area contributed by atoms with Gasteiger partial charge in [-0.25, -0.2) is 23.5 Å². The van der Waals surface area contributed by atoms with Crippen molar-refractivity contribution < 1.29 is 22.0 Å². The summed E-state index contributed by atoms with van der Waals surface area (Å²) in [6.07, 6.45) is 1.76. The van der Waals surface area contributed by atoms with E-state index in [9.17, 15) is 17.6 Å². The van der Waals surface area contributed by atoms with E-state index in [0.717, 1.165) is 4.57 Å². The summed E-state index contributed by atoms with van der Waals surface area (Å²) in [5.74, 6) is -1.15. The van der Waals surface area contributed by atoms with Crippen LogP contribution in [0.4, 0.5) is 10.2 Å². The van der Waals surface area contributed by atoms with E-state index in [4.69, 9.17) is 14.3 Å². The monoisotopic (exact) mass is 503 g/mol. The van der Waals surface area contributed by atoms with Crippen LogP contribution in [0.25, 0.3) is 17.2 Å². The van der Waals surface area contributed by atoms with Crippen molar-refractivity contribution in [2.75, 3.05) is 11.9 Å². The minimum Gasteiger partial charge on any atom is -0.365 e. The highest BCUT2D eigenvalue weighted by Gasteiger charge is 2.44. The van der Waals surface area contributed by atoms with Crippen LogP contribution in [0, 0.1) is 5.82 Å².